The van der Waals surface area contributed by atoms with Crippen LogP contribution < -0.4 is 0 Å². The summed E-state index contributed by atoms with van der Waals surface area (Å²) in [4.78, 5) is 14.0. The zero-order chi connectivity index (χ0) is 13.3. The van der Waals surface area contributed by atoms with Crippen LogP contribution in [0.4, 0.5) is 0 Å². The van der Waals surface area contributed by atoms with E-state index in [1.165, 1.54) is 18.2 Å². The summed E-state index contributed by atoms with van der Waals surface area (Å²) < 4.78 is 5.34. The predicted molar refractivity (Wildman–Crippen MR) is 65.7 cm³/mol. The average molecular weight is 251 g/mol. The lowest BCUT2D eigenvalue weighted by Crippen LogP contribution is -2.55. The van der Waals surface area contributed by atoms with E-state index in [0.29, 0.717) is 19.8 Å². The molecular formula is C13H17NO4. The van der Waals surface area contributed by atoms with Crippen LogP contribution in [0.1, 0.15) is 24.2 Å². The maximum atomic E-state index is 12.4. The number of hydrogen-bond acceptors (Lipinski definition) is 4. The number of carbonyl (C=O) groups is 1. The summed E-state index contributed by atoms with van der Waals surface area (Å²) in [5.74, 6) is -0.788. The lowest BCUT2D eigenvalue weighted by molar-refractivity contribution is -0.0372. The second-order valence-corrected chi connectivity index (χ2v) is 4.99. The van der Waals surface area contributed by atoms with Gasteiger partial charge >= 0.3 is 0 Å². The Morgan fingerprint density at radius 1 is 1.33 bits per heavy atom. The maximum Gasteiger partial charge on any atom is 0.262 e. The van der Waals surface area contributed by atoms with Gasteiger partial charge in [0.05, 0.1) is 18.8 Å². The molecule has 0 saturated carbocycles. The number of phenolic OH excluding ortho intramolecular Hbond substituents is 2. The number of carbonyl (C=O) groups excluding carboxylic acids is 1. The molecule has 1 amide bonds. The first-order valence-electron chi connectivity index (χ1n) is 5.84. The second-order valence-electron chi connectivity index (χ2n) is 4.99. The molecule has 2 rings (SSSR count). The second kappa shape index (κ2) is 4.49. The first-order chi connectivity index (χ1) is 8.43. The fourth-order valence-corrected chi connectivity index (χ4v) is 2.12. The summed E-state index contributed by atoms with van der Waals surface area (Å²) >= 11 is 0. The van der Waals surface area contributed by atoms with Gasteiger partial charge in [-0.25, -0.2) is 0 Å². The molecule has 1 aliphatic heterocycles. The van der Waals surface area contributed by atoms with Gasteiger partial charge < -0.3 is 19.8 Å². The highest BCUT2D eigenvalue weighted by atomic mass is 16.5. The van der Waals surface area contributed by atoms with E-state index in [-0.39, 0.29) is 23.0 Å². The molecule has 0 spiro atoms. The summed E-state index contributed by atoms with van der Waals surface area (Å²) in [6, 6.07) is 4.27. The fraction of sp³-hybridized carbons (Fsp3) is 0.462. The van der Waals surface area contributed by atoms with Crippen LogP contribution >= 0.6 is 0 Å². The molecule has 1 aliphatic rings. The molecule has 1 heterocycles. The molecule has 1 saturated heterocycles. The average Bonchev–Trinajstić information content (AvgIpc) is 2.27. The maximum absolute atomic E-state index is 12.4. The Bertz CT molecular complexity index is 450. The minimum Gasteiger partial charge on any atom is -0.507 e. The standard InChI is InChI=1S/C13H17NO4/c1-13(2)8-18-7-6-14(13)12(17)11-9(15)4-3-5-10(11)16/h3-5,15-16H,6-8H2,1-2H3. The molecule has 5 nitrogen and oxygen atoms in total. The molecular weight excluding hydrogens is 234 g/mol. The number of rotatable bonds is 1. The number of benzene rings is 1. The molecule has 0 radical (unpaired) electrons. The zero-order valence-electron chi connectivity index (χ0n) is 10.5. The first kappa shape index (κ1) is 12.7. The largest absolute Gasteiger partial charge is 0.507 e. The van der Waals surface area contributed by atoms with Crippen LogP contribution in [0.15, 0.2) is 18.2 Å². The monoisotopic (exact) mass is 251 g/mol. The number of ether oxygens (including phenoxy) is 1. The predicted octanol–water partition coefficient (Wildman–Crippen LogP) is 1.35. The van der Waals surface area contributed by atoms with E-state index in [1.54, 1.807) is 4.90 Å². The van der Waals surface area contributed by atoms with Crippen molar-refractivity contribution >= 4 is 5.91 Å². The van der Waals surface area contributed by atoms with Crippen LogP contribution in [-0.2, 0) is 4.74 Å². The van der Waals surface area contributed by atoms with E-state index in [2.05, 4.69) is 0 Å². The molecule has 5 heteroatoms. The van der Waals surface area contributed by atoms with Crippen molar-refractivity contribution in [1.82, 2.24) is 4.90 Å². The van der Waals surface area contributed by atoms with Crippen molar-refractivity contribution in [3.05, 3.63) is 23.8 Å². The topological polar surface area (TPSA) is 70.0 Å². The highest BCUT2D eigenvalue weighted by Crippen LogP contribution is 2.31. The van der Waals surface area contributed by atoms with E-state index in [1.807, 2.05) is 13.8 Å². The number of phenols is 2. The molecule has 0 unspecified atom stereocenters. The van der Waals surface area contributed by atoms with Crippen LogP contribution in [0, 0.1) is 0 Å². The molecule has 98 valence electrons. The highest BCUT2D eigenvalue weighted by Gasteiger charge is 2.36. The van der Waals surface area contributed by atoms with Gasteiger partial charge in [0.1, 0.15) is 17.1 Å². The quantitative estimate of drug-likeness (QED) is 0.790. The normalized spacial score (nSPS) is 18.7. The van der Waals surface area contributed by atoms with E-state index in [0.717, 1.165) is 0 Å². The summed E-state index contributed by atoms with van der Waals surface area (Å²) in [5.41, 5.74) is -0.503. The summed E-state index contributed by atoms with van der Waals surface area (Å²) in [6.07, 6.45) is 0. The number of nitrogens with zero attached hydrogens (tertiary/aromatic N) is 1. The van der Waals surface area contributed by atoms with E-state index in [4.69, 9.17) is 4.74 Å². The van der Waals surface area contributed by atoms with Crippen molar-refractivity contribution in [3.8, 4) is 11.5 Å². The Morgan fingerprint density at radius 2 is 1.94 bits per heavy atom. The van der Waals surface area contributed by atoms with Crippen molar-refractivity contribution in [2.45, 2.75) is 19.4 Å². The van der Waals surface area contributed by atoms with E-state index in [9.17, 15) is 15.0 Å². The molecule has 0 bridgehead atoms. The van der Waals surface area contributed by atoms with Crippen molar-refractivity contribution in [1.29, 1.82) is 0 Å². The highest BCUT2D eigenvalue weighted by molar-refractivity contribution is 5.99. The Balaban J connectivity index is 2.36. The van der Waals surface area contributed by atoms with E-state index < -0.39 is 5.54 Å². The Hall–Kier alpha value is -1.75. The van der Waals surface area contributed by atoms with Gasteiger partial charge in [0, 0.05) is 6.54 Å². The Morgan fingerprint density at radius 3 is 2.50 bits per heavy atom. The van der Waals surface area contributed by atoms with Gasteiger partial charge in [-0.2, -0.15) is 0 Å². The summed E-state index contributed by atoms with van der Waals surface area (Å²) in [7, 11) is 0. The Labute approximate surface area is 106 Å². The summed E-state index contributed by atoms with van der Waals surface area (Å²) in [5, 5.41) is 19.4. The molecule has 0 aliphatic carbocycles. The van der Waals surface area contributed by atoms with Gasteiger partial charge in [0.25, 0.3) is 5.91 Å². The minimum atomic E-state index is -0.454. The van der Waals surface area contributed by atoms with Gasteiger partial charge in [-0.3, -0.25) is 4.79 Å². The molecule has 1 aromatic carbocycles. The van der Waals surface area contributed by atoms with Crippen LogP contribution in [0.25, 0.3) is 0 Å². The van der Waals surface area contributed by atoms with Crippen LogP contribution in [0.5, 0.6) is 11.5 Å². The van der Waals surface area contributed by atoms with Crippen LogP contribution in [-0.4, -0.2) is 46.3 Å². The van der Waals surface area contributed by atoms with Crippen molar-refractivity contribution in [2.75, 3.05) is 19.8 Å². The Kier molecular flexibility index (Phi) is 3.17. The number of hydrogen-bond donors (Lipinski definition) is 2. The first-order valence-corrected chi connectivity index (χ1v) is 5.84. The molecule has 0 aromatic heterocycles. The van der Waals surface area contributed by atoms with Crippen molar-refractivity contribution in [2.24, 2.45) is 0 Å². The summed E-state index contributed by atoms with van der Waals surface area (Å²) in [6.45, 7) is 5.12. The van der Waals surface area contributed by atoms with Crippen LogP contribution in [0.3, 0.4) is 0 Å². The number of morpholine rings is 1. The third-order valence-electron chi connectivity index (χ3n) is 3.12. The van der Waals surface area contributed by atoms with Gasteiger partial charge in [0.15, 0.2) is 0 Å². The third kappa shape index (κ3) is 2.13. The third-order valence-corrected chi connectivity index (χ3v) is 3.12. The lowest BCUT2D eigenvalue weighted by Gasteiger charge is -2.42. The van der Waals surface area contributed by atoms with Gasteiger partial charge in [0.2, 0.25) is 0 Å². The number of amides is 1. The molecule has 0 atom stereocenters. The minimum absolute atomic E-state index is 0.0486. The van der Waals surface area contributed by atoms with Gasteiger partial charge in [-0.15, -0.1) is 0 Å². The molecule has 2 N–H and O–H groups in total. The van der Waals surface area contributed by atoms with Crippen molar-refractivity contribution < 1.29 is 19.7 Å². The van der Waals surface area contributed by atoms with Gasteiger partial charge in [-0.05, 0) is 26.0 Å². The van der Waals surface area contributed by atoms with Crippen molar-refractivity contribution in [3.63, 3.8) is 0 Å². The smallest absolute Gasteiger partial charge is 0.262 e. The molecule has 1 fully saturated rings. The van der Waals surface area contributed by atoms with Gasteiger partial charge in [-0.1, -0.05) is 6.07 Å². The number of aromatic hydroxyl groups is 2. The van der Waals surface area contributed by atoms with Crippen LogP contribution in [0.2, 0.25) is 0 Å². The zero-order valence-corrected chi connectivity index (χ0v) is 10.5. The SMILES string of the molecule is CC1(C)COCCN1C(=O)c1c(O)cccc1O. The molecule has 1 aromatic rings. The van der Waals surface area contributed by atoms with E-state index >= 15 is 0 Å². The molecule has 18 heavy (non-hydrogen) atoms. The lowest BCUT2D eigenvalue weighted by atomic mass is 10.0. The fourth-order valence-electron chi connectivity index (χ4n) is 2.12.